The van der Waals surface area contributed by atoms with Crippen LogP contribution in [0.1, 0.15) is 47.0 Å². The van der Waals surface area contributed by atoms with Crippen LogP contribution in [0, 0.1) is 5.92 Å². The second-order valence-electron chi connectivity index (χ2n) is 4.82. The van der Waals surface area contributed by atoms with E-state index in [0.717, 1.165) is 12.8 Å². The highest BCUT2D eigenvalue weighted by Crippen LogP contribution is 2.09. The van der Waals surface area contributed by atoms with E-state index < -0.39 is 5.97 Å². The minimum atomic E-state index is -0.881. The summed E-state index contributed by atoms with van der Waals surface area (Å²) < 4.78 is 0. The second kappa shape index (κ2) is 8.78. The van der Waals surface area contributed by atoms with Crippen molar-refractivity contribution in [3.8, 4) is 0 Å². The number of nitrogens with one attached hydrogen (secondary N) is 1. The second-order valence-corrected chi connectivity index (χ2v) is 4.82. The van der Waals surface area contributed by atoms with E-state index in [4.69, 9.17) is 5.11 Å². The molecule has 106 valence electrons. The molecule has 0 aliphatic carbocycles. The largest absolute Gasteiger partial charge is 0.481 e. The van der Waals surface area contributed by atoms with Gasteiger partial charge in [0.2, 0.25) is 0 Å². The van der Waals surface area contributed by atoms with Crippen LogP contribution in [0.3, 0.4) is 0 Å². The SMILES string of the molecule is CCC(C)CC(C)NC(=O)N(CC)CCC(=O)O. The monoisotopic (exact) mass is 258 g/mol. The van der Waals surface area contributed by atoms with E-state index in [1.54, 1.807) is 0 Å². The van der Waals surface area contributed by atoms with Gasteiger partial charge in [0.05, 0.1) is 6.42 Å². The van der Waals surface area contributed by atoms with Crippen LogP contribution in [0.2, 0.25) is 0 Å². The maximum Gasteiger partial charge on any atom is 0.317 e. The summed E-state index contributed by atoms with van der Waals surface area (Å²) >= 11 is 0. The van der Waals surface area contributed by atoms with Crippen LogP contribution in [0.5, 0.6) is 0 Å². The van der Waals surface area contributed by atoms with Gasteiger partial charge in [-0.2, -0.15) is 0 Å². The molecule has 2 atom stereocenters. The number of carboxylic acid groups (broad SMARTS) is 1. The quantitative estimate of drug-likeness (QED) is 0.702. The first-order valence-corrected chi connectivity index (χ1v) is 6.67. The molecule has 0 rings (SSSR count). The molecule has 0 aromatic rings. The smallest absolute Gasteiger partial charge is 0.317 e. The summed E-state index contributed by atoms with van der Waals surface area (Å²) in [5, 5.41) is 11.5. The van der Waals surface area contributed by atoms with Crippen molar-refractivity contribution in [2.24, 2.45) is 5.92 Å². The number of hydrogen-bond acceptors (Lipinski definition) is 2. The standard InChI is InChI=1S/C13H26N2O3/c1-5-10(3)9-11(4)14-13(18)15(6-2)8-7-12(16)17/h10-11H,5-9H2,1-4H3,(H,14,18)(H,16,17). The molecule has 0 bridgehead atoms. The molecule has 0 aromatic heterocycles. The molecule has 0 aromatic carbocycles. The first-order chi connectivity index (χ1) is 8.40. The molecule has 0 spiro atoms. The number of carbonyl (C=O) groups excluding carboxylic acids is 1. The minimum absolute atomic E-state index is 0.0129. The molecule has 0 aliphatic rings. The fourth-order valence-electron chi connectivity index (χ4n) is 1.77. The van der Waals surface area contributed by atoms with Crippen molar-refractivity contribution in [2.45, 2.75) is 53.0 Å². The lowest BCUT2D eigenvalue weighted by molar-refractivity contribution is -0.137. The van der Waals surface area contributed by atoms with E-state index in [2.05, 4.69) is 19.2 Å². The molecular weight excluding hydrogens is 232 g/mol. The number of nitrogens with zero attached hydrogens (tertiary/aromatic N) is 1. The van der Waals surface area contributed by atoms with Gasteiger partial charge in [0.15, 0.2) is 0 Å². The highest BCUT2D eigenvalue weighted by atomic mass is 16.4. The number of carbonyl (C=O) groups is 2. The van der Waals surface area contributed by atoms with Gasteiger partial charge in [-0.25, -0.2) is 4.79 Å². The van der Waals surface area contributed by atoms with Gasteiger partial charge in [-0.05, 0) is 26.2 Å². The molecule has 0 saturated heterocycles. The van der Waals surface area contributed by atoms with Crippen molar-refractivity contribution in [3.63, 3.8) is 0 Å². The predicted octanol–water partition coefficient (Wildman–Crippen LogP) is 2.32. The predicted molar refractivity (Wildman–Crippen MR) is 71.6 cm³/mol. The molecule has 5 nitrogen and oxygen atoms in total. The van der Waals surface area contributed by atoms with Crippen LogP contribution in [-0.4, -0.2) is 41.1 Å². The molecule has 0 radical (unpaired) electrons. The first kappa shape index (κ1) is 16.7. The maximum absolute atomic E-state index is 11.9. The Labute approximate surface area is 110 Å². The topological polar surface area (TPSA) is 69.6 Å². The Morgan fingerprint density at radius 1 is 1.28 bits per heavy atom. The van der Waals surface area contributed by atoms with E-state index in [9.17, 15) is 9.59 Å². The number of urea groups is 1. The van der Waals surface area contributed by atoms with E-state index in [0.29, 0.717) is 12.5 Å². The van der Waals surface area contributed by atoms with Gasteiger partial charge in [-0.1, -0.05) is 20.3 Å². The molecule has 0 fully saturated rings. The zero-order valence-electron chi connectivity index (χ0n) is 11.9. The van der Waals surface area contributed by atoms with Crippen LogP contribution in [-0.2, 0) is 4.79 Å². The lowest BCUT2D eigenvalue weighted by atomic mass is 10.0. The van der Waals surface area contributed by atoms with Crippen molar-refractivity contribution in [2.75, 3.05) is 13.1 Å². The van der Waals surface area contributed by atoms with Gasteiger partial charge in [-0.3, -0.25) is 4.79 Å². The molecular formula is C13H26N2O3. The van der Waals surface area contributed by atoms with Crippen LogP contribution >= 0.6 is 0 Å². The molecule has 2 unspecified atom stereocenters. The number of amides is 2. The molecule has 2 N–H and O–H groups in total. The first-order valence-electron chi connectivity index (χ1n) is 6.67. The maximum atomic E-state index is 11.9. The van der Waals surface area contributed by atoms with Crippen molar-refractivity contribution in [3.05, 3.63) is 0 Å². The summed E-state index contributed by atoms with van der Waals surface area (Å²) in [5.41, 5.74) is 0. The zero-order chi connectivity index (χ0) is 14.1. The third-order valence-electron chi connectivity index (χ3n) is 3.09. The highest BCUT2D eigenvalue weighted by Gasteiger charge is 2.16. The van der Waals surface area contributed by atoms with Crippen LogP contribution in [0.25, 0.3) is 0 Å². The number of carboxylic acids is 1. The Kier molecular flexibility index (Phi) is 8.16. The van der Waals surface area contributed by atoms with Crippen molar-refractivity contribution in [1.82, 2.24) is 10.2 Å². The van der Waals surface area contributed by atoms with E-state index in [-0.39, 0.29) is 25.0 Å². The Balaban J connectivity index is 4.13. The summed E-state index contributed by atoms with van der Waals surface area (Å²) in [6.07, 6.45) is 2.02. The fraction of sp³-hybridized carbons (Fsp3) is 0.846. The van der Waals surface area contributed by atoms with Gasteiger partial charge in [0.1, 0.15) is 0 Å². The lowest BCUT2D eigenvalue weighted by Crippen LogP contribution is -2.45. The molecule has 0 heterocycles. The average Bonchev–Trinajstić information content (AvgIpc) is 2.28. The third-order valence-corrected chi connectivity index (χ3v) is 3.09. The Bertz CT molecular complexity index is 269. The fourth-order valence-corrected chi connectivity index (χ4v) is 1.77. The average molecular weight is 258 g/mol. The van der Waals surface area contributed by atoms with Crippen molar-refractivity contribution < 1.29 is 14.7 Å². The molecule has 0 aliphatic heterocycles. The summed E-state index contributed by atoms with van der Waals surface area (Å²) in [7, 11) is 0. The van der Waals surface area contributed by atoms with Gasteiger partial charge in [-0.15, -0.1) is 0 Å². The van der Waals surface area contributed by atoms with Gasteiger partial charge in [0, 0.05) is 19.1 Å². The van der Waals surface area contributed by atoms with E-state index in [1.807, 2.05) is 13.8 Å². The molecule has 5 heteroatoms. The van der Waals surface area contributed by atoms with Crippen molar-refractivity contribution >= 4 is 12.0 Å². The van der Waals surface area contributed by atoms with Gasteiger partial charge in [0.25, 0.3) is 0 Å². The Morgan fingerprint density at radius 2 is 1.89 bits per heavy atom. The van der Waals surface area contributed by atoms with Crippen LogP contribution in [0.15, 0.2) is 0 Å². The molecule has 2 amide bonds. The van der Waals surface area contributed by atoms with E-state index >= 15 is 0 Å². The van der Waals surface area contributed by atoms with Crippen LogP contribution < -0.4 is 5.32 Å². The minimum Gasteiger partial charge on any atom is -0.481 e. The number of hydrogen-bond donors (Lipinski definition) is 2. The molecule has 0 saturated carbocycles. The van der Waals surface area contributed by atoms with Gasteiger partial charge >= 0.3 is 12.0 Å². The summed E-state index contributed by atoms with van der Waals surface area (Å²) in [4.78, 5) is 23.9. The molecule has 18 heavy (non-hydrogen) atoms. The summed E-state index contributed by atoms with van der Waals surface area (Å²) in [6.45, 7) is 8.90. The summed E-state index contributed by atoms with van der Waals surface area (Å²) in [6, 6.07) is -0.0547. The van der Waals surface area contributed by atoms with Gasteiger partial charge < -0.3 is 15.3 Å². The lowest BCUT2D eigenvalue weighted by Gasteiger charge is -2.24. The number of aliphatic carboxylic acids is 1. The Hall–Kier alpha value is -1.26. The summed E-state index contributed by atoms with van der Waals surface area (Å²) in [5.74, 6) is -0.303. The zero-order valence-corrected chi connectivity index (χ0v) is 11.9. The number of rotatable bonds is 8. The normalized spacial score (nSPS) is 13.8. The van der Waals surface area contributed by atoms with E-state index in [1.165, 1.54) is 4.90 Å². The third kappa shape index (κ3) is 7.14. The highest BCUT2D eigenvalue weighted by molar-refractivity contribution is 5.75. The van der Waals surface area contributed by atoms with Crippen molar-refractivity contribution in [1.29, 1.82) is 0 Å². The Morgan fingerprint density at radius 3 is 2.33 bits per heavy atom. The van der Waals surface area contributed by atoms with Crippen LogP contribution in [0.4, 0.5) is 4.79 Å².